The minimum absolute atomic E-state index is 0.412. The number of rotatable bonds is 1. The standard InChI is InChI=1S/C19H19N3O4/c1-23-17-11-15-13-10-18(17)26-9-7-24-6-8-25-16-5-3-2-4-14(16)22-19(13)21-12-20-15/h2-5,10-12H,6-9H2,1H3,(H,20,21,22). The van der Waals surface area contributed by atoms with Crippen LogP contribution in [0.25, 0.3) is 10.9 Å². The molecule has 1 aliphatic rings. The van der Waals surface area contributed by atoms with E-state index < -0.39 is 0 Å². The van der Waals surface area contributed by atoms with Crippen LogP contribution in [0.4, 0.5) is 11.5 Å². The van der Waals surface area contributed by atoms with Gasteiger partial charge >= 0.3 is 0 Å². The predicted octanol–water partition coefficient (Wildman–Crippen LogP) is 3.17. The minimum Gasteiger partial charge on any atom is -0.493 e. The molecular weight excluding hydrogens is 334 g/mol. The topological polar surface area (TPSA) is 74.7 Å². The van der Waals surface area contributed by atoms with Crippen LogP contribution in [-0.4, -0.2) is 43.5 Å². The molecule has 1 aliphatic heterocycles. The molecule has 0 spiro atoms. The van der Waals surface area contributed by atoms with E-state index in [2.05, 4.69) is 15.3 Å². The first-order valence-corrected chi connectivity index (χ1v) is 8.37. The average molecular weight is 353 g/mol. The number of para-hydroxylation sites is 2. The Bertz CT molecular complexity index is 916. The first-order chi connectivity index (χ1) is 12.8. The highest BCUT2D eigenvalue weighted by molar-refractivity contribution is 5.93. The highest BCUT2D eigenvalue weighted by Crippen LogP contribution is 2.36. The van der Waals surface area contributed by atoms with Crippen LogP contribution in [0.5, 0.6) is 17.2 Å². The van der Waals surface area contributed by atoms with Crippen LogP contribution < -0.4 is 19.5 Å². The molecule has 134 valence electrons. The summed E-state index contributed by atoms with van der Waals surface area (Å²) in [6.07, 6.45) is 1.52. The maximum atomic E-state index is 5.83. The van der Waals surface area contributed by atoms with E-state index in [1.54, 1.807) is 7.11 Å². The van der Waals surface area contributed by atoms with Crippen molar-refractivity contribution in [2.75, 3.05) is 38.9 Å². The second kappa shape index (κ2) is 7.45. The van der Waals surface area contributed by atoms with Gasteiger partial charge < -0.3 is 24.3 Å². The second-order valence-electron chi connectivity index (χ2n) is 5.67. The second-order valence-corrected chi connectivity index (χ2v) is 5.67. The quantitative estimate of drug-likeness (QED) is 0.720. The zero-order valence-electron chi connectivity index (χ0n) is 14.4. The van der Waals surface area contributed by atoms with Crippen LogP contribution in [-0.2, 0) is 4.74 Å². The van der Waals surface area contributed by atoms with Crippen LogP contribution in [0.15, 0.2) is 42.7 Å². The largest absolute Gasteiger partial charge is 0.493 e. The fourth-order valence-corrected chi connectivity index (χ4v) is 2.78. The van der Waals surface area contributed by atoms with E-state index in [1.807, 2.05) is 36.4 Å². The van der Waals surface area contributed by atoms with Gasteiger partial charge in [0.15, 0.2) is 11.5 Å². The monoisotopic (exact) mass is 353 g/mol. The molecule has 0 aliphatic carbocycles. The summed E-state index contributed by atoms with van der Waals surface area (Å²) in [4.78, 5) is 8.74. The molecule has 2 heterocycles. The third-order valence-corrected chi connectivity index (χ3v) is 4.03. The maximum absolute atomic E-state index is 5.83. The third kappa shape index (κ3) is 3.34. The Morgan fingerprint density at radius 3 is 2.62 bits per heavy atom. The van der Waals surface area contributed by atoms with Gasteiger partial charge in [-0.15, -0.1) is 0 Å². The van der Waals surface area contributed by atoms with E-state index >= 15 is 0 Å². The molecular formula is C19H19N3O4. The third-order valence-electron chi connectivity index (χ3n) is 4.03. The Hall–Kier alpha value is -3.06. The molecule has 0 atom stereocenters. The van der Waals surface area contributed by atoms with Crippen molar-refractivity contribution in [3.63, 3.8) is 0 Å². The molecule has 4 rings (SSSR count). The molecule has 2 bridgehead atoms. The number of ether oxygens (including phenoxy) is 4. The summed E-state index contributed by atoms with van der Waals surface area (Å²) in [5.74, 6) is 2.66. The van der Waals surface area contributed by atoms with Crippen LogP contribution in [0.3, 0.4) is 0 Å². The van der Waals surface area contributed by atoms with Gasteiger partial charge in [0.25, 0.3) is 0 Å². The fourth-order valence-electron chi connectivity index (χ4n) is 2.78. The molecule has 0 unspecified atom stereocenters. The number of methoxy groups -OCH3 is 1. The van der Waals surface area contributed by atoms with E-state index in [1.165, 1.54) is 6.33 Å². The summed E-state index contributed by atoms with van der Waals surface area (Å²) in [6, 6.07) is 11.4. The van der Waals surface area contributed by atoms with Gasteiger partial charge in [0.1, 0.15) is 31.1 Å². The van der Waals surface area contributed by atoms with Crippen LogP contribution in [0, 0.1) is 0 Å². The van der Waals surface area contributed by atoms with Gasteiger partial charge in [-0.05, 0) is 18.2 Å². The molecule has 0 amide bonds. The summed E-state index contributed by atoms with van der Waals surface area (Å²) in [5.41, 5.74) is 1.58. The molecule has 2 aromatic carbocycles. The van der Waals surface area contributed by atoms with E-state index in [0.717, 1.165) is 22.3 Å². The molecule has 7 nitrogen and oxygen atoms in total. The van der Waals surface area contributed by atoms with Crippen molar-refractivity contribution in [3.8, 4) is 17.2 Å². The maximum Gasteiger partial charge on any atom is 0.162 e. The van der Waals surface area contributed by atoms with Crippen molar-refractivity contribution in [1.82, 2.24) is 9.97 Å². The molecule has 1 aromatic heterocycles. The van der Waals surface area contributed by atoms with Crippen LogP contribution in [0.2, 0.25) is 0 Å². The summed E-state index contributed by atoms with van der Waals surface area (Å²) < 4.78 is 22.6. The van der Waals surface area contributed by atoms with Gasteiger partial charge in [-0.25, -0.2) is 9.97 Å². The highest BCUT2D eigenvalue weighted by atomic mass is 16.6. The lowest BCUT2D eigenvalue weighted by atomic mass is 10.2. The van der Waals surface area contributed by atoms with E-state index in [-0.39, 0.29) is 0 Å². The first-order valence-electron chi connectivity index (χ1n) is 8.37. The molecule has 0 radical (unpaired) electrons. The number of nitrogens with zero attached hydrogens (tertiary/aromatic N) is 2. The number of benzene rings is 2. The normalized spacial score (nSPS) is 14.5. The lowest BCUT2D eigenvalue weighted by molar-refractivity contribution is 0.0759. The highest BCUT2D eigenvalue weighted by Gasteiger charge is 2.13. The van der Waals surface area contributed by atoms with Crippen molar-refractivity contribution < 1.29 is 18.9 Å². The molecule has 0 fully saturated rings. The summed E-state index contributed by atoms with van der Waals surface area (Å²) in [5, 5.41) is 4.17. The number of hydrogen-bond acceptors (Lipinski definition) is 7. The lowest BCUT2D eigenvalue weighted by Crippen LogP contribution is -2.13. The fraction of sp³-hybridized carbons (Fsp3) is 0.263. The van der Waals surface area contributed by atoms with Gasteiger partial charge in [-0.1, -0.05) is 12.1 Å². The SMILES string of the molecule is COc1cc2ncnc3c2cc1OCCOCCOc1ccccc1N3. The molecule has 3 aromatic rings. The van der Waals surface area contributed by atoms with Gasteiger partial charge in [0, 0.05) is 11.5 Å². The predicted molar refractivity (Wildman–Crippen MR) is 97.6 cm³/mol. The van der Waals surface area contributed by atoms with E-state index in [4.69, 9.17) is 18.9 Å². The first kappa shape index (κ1) is 16.4. The van der Waals surface area contributed by atoms with Gasteiger partial charge in [-0.2, -0.15) is 0 Å². The van der Waals surface area contributed by atoms with Crippen molar-refractivity contribution in [1.29, 1.82) is 0 Å². The van der Waals surface area contributed by atoms with Gasteiger partial charge in [0.2, 0.25) is 0 Å². The molecule has 26 heavy (non-hydrogen) atoms. The van der Waals surface area contributed by atoms with Crippen molar-refractivity contribution in [2.45, 2.75) is 0 Å². The molecule has 1 N–H and O–H groups in total. The van der Waals surface area contributed by atoms with Crippen LogP contribution in [0.1, 0.15) is 0 Å². The Kier molecular flexibility index (Phi) is 4.70. The molecule has 0 saturated carbocycles. The number of hydrogen-bond donors (Lipinski definition) is 1. The van der Waals surface area contributed by atoms with Crippen molar-refractivity contribution >= 4 is 22.4 Å². The van der Waals surface area contributed by atoms with Crippen molar-refractivity contribution in [2.24, 2.45) is 0 Å². The smallest absolute Gasteiger partial charge is 0.162 e. The average Bonchev–Trinajstić information content (AvgIpc) is 2.67. The Balaban J connectivity index is 1.83. The summed E-state index contributed by atoms with van der Waals surface area (Å²) >= 11 is 0. The number of anilines is 2. The van der Waals surface area contributed by atoms with Gasteiger partial charge in [0.05, 0.1) is 31.5 Å². The minimum atomic E-state index is 0.412. The number of fused-ring (bicyclic) bond motifs is 2. The molecule has 7 heteroatoms. The van der Waals surface area contributed by atoms with Gasteiger partial charge in [-0.3, -0.25) is 0 Å². The van der Waals surface area contributed by atoms with E-state index in [9.17, 15) is 0 Å². The van der Waals surface area contributed by atoms with Crippen LogP contribution >= 0.6 is 0 Å². The number of nitrogens with one attached hydrogen (secondary N) is 1. The van der Waals surface area contributed by atoms with E-state index in [0.29, 0.717) is 43.7 Å². The zero-order valence-corrected chi connectivity index (χ0v) is 14.4. The van der Waals surface area contributed by atoms with Crippen molar-refractivity contribution in [3.05, 3.63) is 42.7 Å². The zero-order chi connectivity index (χ0) is 17.8. The Labute approximate surface area is 150 Å². The molecule has 0 saturated heterocycles. The Morgan fingerprint density at radius 2 is 1.77 bits per heavy atom. The number of aromatic nitrogens is 2. The Morgan fingerprint density at radius 1 is 0.962 bits per heavy atom. The summed E-state index contributed by atoms with van der Waals surface area (Å²) in [6.45, 7) is 1.80. The summed E-state index contributed by atoms with van der Waals surface area (Å²) in [7, 11) is 1.61. The lowest BCUT2D eigenvalue weighted by Gasteiger charge is -2.17.